The Morgan fingerprint density at radius 2 is 0.762 bits per heavy atom. The molecule has 1 N–H and O–H groups in total. The molecule has 0 saturated heterocycles. The van der Waals surface area contributed by atoms with Gasteiger partial charge in [-0.2, -0.15) is 0 Å². The topological polar surface area (TPSA) is 20.2 Å². The Balaban J connectivity index is 2.93. The lowest BCUT2D eigenvalue weighted by Crippen LogP contribution is -1.87. The predicted molar refractivity (Wildman–Crippen MR) is 95.8 cm³/mol. The van der Waals surface area contributed by atoms with Crippen LogP contribution in [0.3, 0.4) is 0 Å². The Bertz CT molecular complexity index is 177. The maximum Gasteiger partial charge on any atom is 0.0431 e. The number of aliphatic hydroxyl groups excluding tert-OH is 1. The third-order valence-electron chi connectivity index (χ3n) is 4.44. The van der Waals surface area contributed by atoms with Crippen molar-refractivity contribution >= 4 is 0 Å². The third-order valence-corrected chi connectivity index (χ3v) is 4.44. The Morgan fingerprint density at radius 1 is 0.476 bits per heavy atom. The van der Waals surface area contributed by atoms with Gasteiger partial charge < -0.3 is 5.11 Å². The van der Waals surface area contributed by atoms with Gasteiger partial charge in [-0.25, -0.2) is 0 Å². The Labute approximate surface area is 134 Å². The third kappa shape index (κ3) is 20.0. The van der Waals surface area contributed by atoms with Gasteiger partial charge in [-0.1, -0.05) is 110 Å². The summed E-state index contributed by atoms with van der Waals surface area (Å²) in [6.45, 7) is 5.03. The van der Waals surface area contributed by atoms with Crippen molar-refractivity contribution in [1.82, 2.24) is 0 Å². The quantitative estimate of drug-likeness (QED) is 0.290. The second-order valence-corrected chi connectivity index (χ2v) is 7.21. The van der Waals surface area contributed by atoms with Gasteiger partial charge in [0.05, 0.1) is 0 Å². The average molecular weight is 299 g/mol. The molecule has 0 bridgehead atoms. The highest BCUT2D eigenvalue weighted by atomic mass is 16.2. The maximum absolute atomic E-state index is 8.69. The monoisotopic (exact) mass is 298 g/mol. The van der Waals surface area contributed by atoms with E-state index < -0.39 is 0 Å². The van der Waals surface area contributed by atoms with E-state index in [0.717, 1.165) is 12.3 Å². The van der Waals surface area contributed by atoms with Crippen LogP contribution in [0.1, 0.15) is 117 Å². The van der Waals surface area contributed by atoms with Crippen molar-refractivity contribution in [1.29, 1.82) is 0 Å². The van der Waals surface area contributed by atoms with Crippen molar-refractivity contribution < 1.29 is 5.11 Å². The lowest BCUT2D eigenvalue weighted by molar-refractivity contribution is 0.282. The summed E-state index contributed by atoms with van der Waals surface area (Å²) in [5.41, 5.74) is 0. The number of unbranched alkanes of at least 4 members (excludes halogenated alkanes) is 14. The van der Waals surface area contributed by atoms with Crippen LogP contribution in [0, 0.1) is 5.92 Å². The first-order valence-corrected chi connectivity index (χ1v) is 9.88. The lowest BCUT2D eigenvalue weighted by Gasteiger charge is -2.05. The molecule has 21 heavy (non-hydrogen) atoms. The van der Waals surface area contributed by atoms with Crippen LogP contribution in [0.4, 0.5) is 0 Å². The zero-order valence-corrected chi connectivity index (χ0v) is 15.0. The number of rotatable bonds is 17. The second kappa shape index (κ2) is 18.0. The Kier molecular flexibility index (Phi) is 18.0. The van der Waals surface area contributed by atoms with Gasteiger partial charge >= 0.3 is 0 Å². The summed E-state index contributed by atoms with van der Waals surface area (Å²) in [6, 6.07) is 0. The van der Waals surface area contributed by atoms with E-state index in [4.69, 9.17) is 5.11 Å². The molecule has 0 aliphatic carbocycles. The molecular formula is C20H42O. The molecule has 0 radical (unpaired) electrons. The van der Waals surface area contributed by atoms with Gasteiger partial charge in [0.25, 0.3) is 0 Å². The number of hydrogen-bond acceptors (Lipinski definition) is 1. The molecule has 0 spiro atoms. The predicted octanol–water partition coefficient (Wildman–Crippen LogP) is 6.88. The Hall–Kier alpha value is -0.0400. The molecule has 0 aromatic rings. The summed E-state index contributed by atoms with van der Waals surface area (Å²) >= 11 is 0. The van der Waals surface area contributed by atoms with Crippen molar-refractivity contribution in [3.63, 3.8) is 0 Å². The molecular weight excluding hydrogens is 256 g/mol. The fourth-order valence-corrected chi connectivity index (χ4v) is 2.96. The standard InChI is InChI=1S/C20H42O/c1-20(2)18-16-14-12-10-8-6-4-3-5-7-9-11-13-15-17-19-21/h20-21H,3-19H2,1-2H3. The first-order valence-electron chi connectivity index (χ1n) is 9.88. The van der Waals surface area contributed by atoms with E-state index in [0.29, 0.717) is 6.61 Å². The summed E-state index contributed by atoms with van der Waals surface area (Å²) in [7, 11) is 0. The number of hydrogen-bond donors (Lipinski definition) is 1. The van der Waals surface area contributed by atoms with Crippen molar-refractivity contribution in [2.45, 2.75) is 117 Å². The smallest absolute Gasteiger partial charge is 0.0431 e. The summed E-state index contributed by atoms with van der Waals surface area (Å²) < 4.78 is 0. The maximum atomic E-state index is 8.69. The summed E-state index contributed by atoms with van der Waals surface area (Å²) in [5, 5.41) is 8.69. The summed E-state index contributed by atoms with van der Waals surface area (Å²) in [5.74, 6) is 0.889. The van der Waals surface area contributed by atoms with Crippen LogP contribution in [-0.2, 0) is 0 Å². The molecule has 0 fully saturated rings. The normalized spacial score (nSPS) is 11.4. The van der Waals surface area contributed by atoms with E-state index in [9.17, 15) is 0 Å². The van der Waals surface area contributed by atoms with Gasteiger partial charge in [-0.05, 0) is 12.3 Å². The first kappa shape index (κ1) is 21.0. The van der Waals surface area contributed by atoms with Crippen molar-refractivity contribution in [3.8, 4) is 0 Å². The lowest BCUT2D eigenvalue weighted by atomic mass is 10.0. The van der Waals surface area contributed by atoms with Gasteiger partial charge in [0, 0.05) is 6.61 Å². The largest absolute Gasteiger partial charge is 0.396 e. The highest BCUT2D eigenvalue weighted by Gasteiger charge is 1.96. The summed E-state index contributed by atoms with van der Waals surface area (Å²) in [4.78, 5) is 0. The molecule has 128 valence electrons. The molecule has 0 aromatic heterocycles. The zero-order valence-electron chi connectivity index (χ0n) is 15.0. The van der Waals surface area contributed by atoms with Crippen LogP contribution in [0.5, 0.6) is 0 Å². The van der Waals surface area contributed by atoms with Gasteiger partial charge in [0.1, 0.15) is 0 Å². The second-order valence-electron chi connectivity index (χ2n) is 7.21. The molecule has 0 aromatic carbocycles. The highest BCUT2D eigenvalue weighted by Crippen LogP contribution is 2.14. The minimum absolute atomic E-state index is 0.373. The highest BCUT2D eigenvalue weighted by molar-refractivity contribution is 4.51. The SMILES string of the molecule is CC(C)CCCCCCCCCCCCCCCCCO. The van der Waals surface area contributed by atoms with Crippen LogP contribution in [0.2, 0.25) is 0 Å². The van der Waals surface area contributed by atoms with Gasteiger partial charge in [-0.3, -0.25) is 0 Å². The minimum Gasteiger partial charge on any atom is -0.396 e. The molecule has 0 aliphatic rings. The van der Waals surface area contributed by atoms with Crippen LogP contribution < -0.4 is 0 Å². The molecule has 0 heterocycles. The van der Waals surface area contributed by atoms with Crippen LogP contribution in [-0.4, -0.2) is 11.7 Å². The van der Waals surface area contributed by atoms with Gasteiger partial charge in [0.2, 0.25) is 0 Å². The molecule has 1 heteroatoms. The molecule has 0 saturated carbocycles. The van der Waals surface area contributed by atoms with E-state index in [-0.39, 0.29) is 0 Å². The van der Waals surface area contributed by atoms with Crippen molar-refractivity contribution in [3.05, 3.63) is 0 Å². The van der Waals surface area contributed by atoms with Crippen LogP contribution in [0.15, 0.2) is 0 Å². The molecule has 0 unspecified atom stereocenters. The molecule has 0 atom stereocenters. The van der Waals surface area contributed by atoms with Crippen molar-refractivity contribution in [2.75, 3.05) is 6.61 Å². The van der Waals surface area contributed by atoms with Crippen LogP contribution >= 0.6 is 0 Å². The Morgan fingerprint density at radius 3 is 1.05 bits per heavy atom. The molecule has 0 aliphatic heterocycles. The van der Waals surface area contributed by atoms with E-state index in [2.05, 4.69) is 13.8 Å². The molecule has 0 rings (SSSR count). The van der Waals surface area contributed by atoms with Crippen molar-refractivity contribution in [2.24, 2.45) is 5.92 Å². The van der Waals surface area contributed by atoms with E-state index in [1.54, 1.807) is 0 Å². The number of aliphatic hydroxyl groups is 1. The zero-order chi connectivity index (χ0) is 15.6. The minimum atomic E-state index is 0.373. The van der Waals surface area contributed by atoms with Gasteiger partial charge in [0.15, 0.2) is 0 Å². The first-order chi connectivity index (χ1) is 10.3. The van der Waals surface area contributed by atoms with E-state index >= 15 is 0 Å². The fourth-order valence-electron chi connectivity index (χ4n) is 2.96. The average Bonchev–Trinajstić information content (AvgIpc) is 2.46. The summed E-state index contributed by atoms with van der Waals surface area (Å²) in [6.07, 6.45) is 22.2. The van der Waals surface area contributed by atoms with Gasteiger partial charge in [-0.15, -0.1) is 0 Å². The fraction of sp³-hybridized carbons (Fsp3) is 1.00. The molecule has 0 amide bonds. The van der Waals surface area contributed by atoms with Crippen LogP contribution in [0.25, 0.3) is 0 Å². The van der Waals surface area contributed by atoms with E-state index in [1.165, 1.54) is 96.3 Å². The van der Waals surface area contributed by atoms with E-state index in [1.807, 2.05) is 0 Å². The molecule has 1 nitrogen and oxygen atoms in total.